The number of piperazine rings is 1. The molecule has 1 heterocycles. The molecule has 1 aromatic rings. The molecule has 2 N–H and O–H groups in total. The molecule has 1 aromatic carbocycles. The van der Waals surface area contributed by atoms with Gasteiger partial charge in [-0.1, -0.05) is 6.07 Å². The van der Waals surface area contributed by atoms with E-state index in [9.17, 15) is 0 Å². The predicted molar refractivity (Wildman–Crippen MR) is 76.1 cm³/mol. The number of anilines is 1. The summed E-state index contributed by atoms with van der Waals surface area (Å²) in [7, 11) is 0. The minimum absolute atomic E-state index is 0.000729. The third-order valence-electron chi connectivity index (χ3n) is 3.44. The number of benzene rings is 1. The van der Waals surface area contributed by atoms with Crippen molar-refractivity contribution in [2.45, 2.75) is 31.8 Å². The Morgan fingerprint density at radius 2 is 2.32 bits per heavy atom. The Morgan fingerprint density at radius 3 is 3.00 bits per heavy atom. The minimum atomic E-state index is 0.000729. The molecule has 0 aromatic heterocycles. The first-order valence-electron chi connectivity index (χ1n) is 6.68. The Kier molecular flexibility index (Phi) is 4.08. The first-order chi connectivity index (χ1) is 9.04. The summed E-state index contributed by atoms with van der Waals surface area (Å²) in [6, 6.07) is 10.2. The topological polar surface area (TPSA) is 59.3 Å². The molecule has 0 aliphatic carbocycles. The van der Waals surface area contributed by atoms with E-state index < -0.39 is 0 Å². The fourth-order valence-corrected chi connectivity index (χ4v) is 2.74. The van der Waals surface area contributed by atoms with Crippen LogP contribution in [0.2, 0.25) is 0 Å². The molecular weight excluding hydrogens is 238 g/mol. The van der Waals surface area contributed by atoms with Crippen molar-refractivity contribution in [2.24, 2.45) is 0 Å². The normalized spacial score (nSPS) is 22.0. The first kappa shape index (κ1) is 13.9. The molecule has 0 amide bonds. The Bertz CT molecular complexity index is 479. The molecule has 1 fully saturated rings. The highest BCUT2D eigenvalue weighted by molar-refractivity contribution is 5.52. The summed E-state index contributed by atoms with van der Waals surface area (Å²) >= 11 is 0. The molecular formula is C15H21N3O. The van der Waals surface area contributed by atoms with Crippen molar-refractivity contribution in [3.8, 4) is 6.07 Å². The second kappa shape index (κ2) is 5.60. The molecule has 4 nitrogen and oxygen atoms in total. The van der Waals surface area contributed by atoms with Gasteiger partial charge in [0.1, 0.15) is 0 Å². The van der Waals surface area contributed by atoms with Gasteiger partial charge in [-0.3, -0.25) is 0 Å². The van der Waals surface area contributed by atoms with Gasteiger partial charge in [-0.25, -0.2) is 0 Å². The number of hydrogen-bond acceptors (Lipinski definition) is 4. The molecule has 4 heteroatoms. The largest absolute Gasteiger partial charge is 0.396 e. The van der Waals surface area contributed by atoms with Gasteiger partial charge in [0.2, 0.25) is 0 Å². The Morgan fingerprint density at radius 1 is 1.53 bits per heavy atom. The van der Waals surface area contributed by atoms with E-state index in [1.54, 1.807) is 0 Å². The van der Waals surface area contributed by atoms with Gasteiger partial charge in [-0.05, 0) is 38.5 Å². The third kappa shape index (κ3) is 3.46. The van der Waals surface area contributed by atoms with Crippen molar-refractivity contribution >= 4 is 5.69 Å². The second-order valence-corrected chi connectivity index (χ2v) is 5.78. The second-order valence-electron chi connectivity index (χ2n) is 5.78. The van der Waals surface area contributed by atoms with E-state index in [2.05, 4.69) is 30.1 Å². The zero-order chi connectivity index (χ0) is 13.9. The lowest BCUT2D eigenvalue weighted by Gasteiger charge is -2.45. The number of aliphatic hydroxyl groups excluding tert-OH is 1. The summed E-state index contributed by atoms with van der Waals surface area (Å²) in [5, 5.41) is 21.7. The van der Waals surface area contributed by atoms with Crippen molar-refractivity contribution < 1.29 is 5.11 Å². The number of nitrogens with one attached hydrogen (secondary N) is 1. The molecule has 102 valence electrons. The fraction of sp³-hybridized carbons (Fsp3) is 0.533. The number of nitrogens with zero attached hydrogens (tertiary/aromatic N) is 2. The van der Waals surface area contributed by atoms with Crippen molar-refractivity contribution in [1.29, 1.82) is 5.26 Å². The lowest BCUT2D eigenvalue weighted by atomic mass is 9.96. The molecule has 2 rings (SSSR count). The maximum Gasteiger partial charge on any atom is 0.0992 e. The molecule has 1 aliphatic rings. The van der Waals surface area contributed by atoms with Crippen LogP contribution in [0.25, 0.3) is 0 Å². The molecule has 0 bridgehead atoms. The molecule has 1 unspecified atom stereocenters. The molecule has 0 spiro atoms. The lowest BCUT2D eigenvalue weighted by Crippen LogP contribution is -2.62. The highest BCUT2D eigenvalue weighted by Gasteiger charge is 2.31. The Hall–Kier alpha value is -1.57. The zero-order valence-electron chi connectivity index (χ0n) is 11.6. The Labute approximate surface area is 114 Å². The average molecular weight is 259 g/mol. The van der Waals surface area contributed by atoms with Crippen LogP contribution in [0.4, 0.5) is 5.69 Å². The summed E-state index contributed by atoms with van der Waals surface area (Å²) < 4.78 is 0. The average Bonchev–Trinajstić information content (AvgIpc) is 2.37. The minimum Gasteiger partial charge on any atom is -0.396 e. The van der Waals surface area contributed by atoms with Gasteiger partial charge in [0.15, 0.2) is 0 Å². The van der Waals surface area contributed by atoms with Gasteiger partial charge < -0.3 is 15.3 Å². The molecule has 1 atom stereocenters. The van der Waals surface area contributed by atoms with E-state index in [0.29, 0.717) is 5.56 Å². The van der Waals surface area contributed by atoms with Crippen molar-refractivity contribution in [1.82, 2.24) is 5.32 Å². The van der Waals surface area contributed by atoms with Gasteiger partial charge >= 0.3 is 0 Å². The van der Waals surface area contributed by atoms with Gasteiger partial charge in [0.05, 0.1) is 11.6 Å². The van der Waals surface area contributed by atoms with Crippen LogP contribution in [0.3, 0.4) is 0 Å². The van der Waals surface area contributed by atoms with Crippen molar-refractivity contribution in [2.75, 3.05) is 24.6 Å². The highest BCUT2D eigenvalue weighted by atomic mass is 16.3. The smallest absolute Gasteiger partial charge is 0.0992 e. The van der Waals surface area contributed by atoms with E-state index in [1.165, 1.54) is 0 Å². The van der Waals surface area contributed by atoms with E-state index in [4.69, 9.17) is 10.4 Å². The zero-order valence-corrected chi connectivity index (χ0v) is 11.6. The molecule has 0 radical (unpaired) electrons. The third-order valence-corrected chi connectivity index (χ3v) is 3.44. The number of hydrogen-bond donors (Lipinski definition) is 2. The van der Waals surface area contributed by atoms with Crippen LogP contribution in [0.15, 0.2) is 24.3 Å². The van der Waals surface area contributed by atoms with Gasteiger partial charge in [0.25, 0.3) is 0 Å². The predicted octanol–water partition coefficient (Wildman–Crippen LogP) is 1.50. The number of nitriles is 1. The van der Waals surface area contributed by atoms with E-state index >= 15 is 0 Å². The maximum atomic E-state index is 9.13. The number of aliphatic hydroxyl groups is 1. The Balaban J connectivity index is 2.20. The van der Waals surface area contributed by atoms with Crippen LogP contribution in [0.5, 0.6) is 0 Å². The number of rotatable bonds is 3. The summed E-state index contributed by atoms with van der Waals surface area (Å²) in [4.78, 5) is 2.29. The summed E-state index contributed by atoms with van der Waals surface area (Å²) in [5.41, 5.74) is 1.77. The summed E-state index contributed by atoms with van der Waals surface area (Å²) in [6.45, 7) is 6.28. The van der Waals surface area contributed by atoms with Gasteiger partial charge in [-0.15, -0.1) is 0 Å². The van der Waals surface area contributed by atoms with Gasteiger partial charge in [0, 0.05) is 37.0 Å². The standard InChI is InChI=1S/C15H21N3O/c1-15(2)11-18(10-13(17-15)6-7-19)14-5-3-4-12(8-14)9-16/h3-5,8,13,17,19H,6-7,10-11H2,1-2H3. The van der Waals surface area contributed by atoms with Crippen LogP contribution >= 0.6 is 0 Å². The lowest BCUT2D eigenvalue weighted by molar-refractivity contribution is 0.224. The van der Waals surface area contributed by atoms with Crippen LogP contribution in [0.1, 0.15) is 25.8 Å². The van der Waals surface area contributed by atoms with Gasteiger partial charge in [-0.2, -0.15) is 5.26 Å². The van der Waals surface area contributed by atoms with Crippen LogP contribution in [-0.2, 0) is 0 Å². The first-order valence-corrected chi connectivity index (χ1v) is 6.68. The molecule has 19 heavy (non-hydrogen) atoms. The van der Waals surface area contributed by atoms with E-state index in [0.717, 1.165) is 25.2 Å². The van der Waals surface area contributed by atoms with Crippen LogP contribution < -0.4 is 10.2 Å². The summed E-state index contributed by atoms with van der Waals surface area (Å²) in [6.07, 6.45) is 0.748. The van der Waals surface area contributed by atoms with Crippen LogP contribution in [0, 0.1) is 11.3 Å². The quantitative estimate of drug-likeness (QED) is 0.863. The fourth-order valence-electron chi connectivity index (χ4n) is 2.74. The van der Waals surface area contributed by atoms with E-state index in [1.807, 2.05) is 24.3 Å². The molecule has 1 saturated heterocycles. The van der Waals surface area contributed by atoms with Crippen molar-refractivity contribution in [3.63, 3.8) is 0 Å². The molecule has 0 saturated carbocycles. The maximum absolute atomic E-state index is 9.13. The molecule has 1 aliphatic heterocycles. The summed E-state index contributed by atoms with van der Waals surface area (Å²) in [5.74, 6) is 0. The van der Waals surface area contributed by atoms with Crippen LogP contribution in [-0.4, -0.2) is 36.4 Å². The van der Waals surface area contributed by atoms with E-state index in [-0.39, 0.29) is 18.2 Å². The van der Waals surface area contributed by atoms with Crippen molar-refractivity contribution in [3.05, 3.63) is 29.8 Å². The monoisotopic (exact) mass is 259 g/mol. The SMILES string of the molecule is CC1(C)CN(c2cccc(C#N)c2)CC(CCO)N1. The highest BCUT2D eigenvalue weighted by Crippen LogP contribution is 2.23.